The molecule has 0 spiro atoms. The molecule has 0 bridgehead atoms. The SMILES string of the molecule is OC(CSc1ccc(Sc2ccc(SCC(O)Cn3cc(/C=N/N(c4ccccc4)c4ccccc4)c4ccccc43)cc2)cc1)Cn1cc(/C=N/N(c2ccccc2)c2ccccc2)c2ccccc21. The number of hydrogen-bond donors (Lipinski definition) is 2. The lowest BCUT2D eigenvalue weighted by molar-refractivity contribution is 0.179. The Balaban J connectivity index is 0.711. The number of para-hydroxylation sites is 6. The highest BCUT2D eigenvalue weighted by Gasteiger charge is 2.16. The van der Waals surface area contributed by atoms with Crippen LogP contribution in [0, 0.1) is 0 Å². The maximum Gasteiger partial charge on any atom is 0.0812 e. The van der Waals surface area contributed by atoms with Crippen LogP contribution in [-0.4, -0.2) is 55.5 Å². The summed E-state index contributed by atoms with van der Waals surface area (Å²) in [5.74, 6) is 1.13. The zero-order valence-electron chi connectivity index (χ0n) is 38.9. The van der Waals surface area contributed by atoms with Crippen molar-refractivity contribution in [1.82, 2.24) is 9.13 Å². The molecule has 2 N–H and O–H groups in total. The van der Waals surface area contributed by atoms with Gasteiger partial charge < -0.3 is 19.3 Å². The summed E-state index contributed by atoms with van der Waals surface area (Å²) in [6.45, 7) is 0.935. The van der Waals surface area contributed by atoms with E-state index in [-0.39, 0.29) is 0 Å². The summed E-state index contributed by atoms with van der Waals surface area (Å²) in [5, 5.41) is 38.5. The van der Waals surface area contributed by atoms with Crippen LogP contribution in [0.1, 0.15) is 11.1 Å². The van der Waals surface area contributed by atoms with Gasteiger partial charge in [0.15, 0.2) is 0 Å². The van der Waals surface area contributed by atoms with Crippen molar-refractivity contribution in [2.75, 3.05) is 21.5 Å². The molecule has 352 valence electrons. The van der Waals surface area contributed by atoms with Crippen molar-refractivity contribution in [3.8, 4) is 0 Å². The van der Waals surface area contributed by atoms with Gasteiger partial charge in [-0.15, -0.1) is 23.5 Å². The molecule has 2 aromatic heterocycles. The van der Waals surface area contributed by atoms with E-state index in [2.05, 4.69) is 143 Å². The first-order valence-electron chi connectivity index (χ1n) is 23.5. The third-order valence-corrected chi connectivity index (χ3v) is 15.2. The normalized spacial score (nSPS) is 12.5. The molecular formula is C60H52N6O2S3. The van der Waals surface area contributed by atoms with Crippen LogP contribution in [0.3, 0.4) is 0 Å². The number of aliphatic hydroxyl groups excluding tert-OH is 2. The van der Waals surface area contributed by atoms with Crippen LogP contribution in [0.5, 0.6) is 0 Å². The van der Waals surface area contributed by atoms with Gasteiger partial charge in [-0.25, -0.2) is 10.0 Å². The van der Waals surface area contributed by atoms with Crippen LogP contribution in [0.4, 0.5) is 22.7 Å². The van der Waals surface area contributed by atoms with Crippen LogP contribution in [-0.2, 0) is 13.1 Å². The maximum absolute atomic E-state index is 11.3. The molecule has 2 unspecified atom stereocenters. The highest BCUT2D eigenvalue weighted by molar-refractivity contribution is 8.00. The summed E-state index contributed by atoms with van der Waals surface area (Å²) in [7, 11) is 0. The van der Waals surface area contributed by atoms with Crippen LogP contribution in [0.2, 0.25) is 0 Å². The van der Waals surface area contributed by atoms with Crippen molar-refractivity contribution < 1.29 is 10.2 Å². The Morgan fingerprint density at radius 1 is 0.394 bits per heavy atom. The summed E-state index contributed by atoms with van der Waals surface area (Å²) in [6.07, 6.45) is 6.88. The van der Waals surface area contributed by atoms with Crippen molar-refractivity contribution in [3.05, 3.63) is 242 Å². The third-order valence-electron chi connectivity index (χ3n) is 11.8. The Morgan fingerprint density at radius 3 is 1.06 bits per heavy atom. The number of thioether (sulfide) groups is 2. The van der Waals surface area contributed by atoms with E-state index in [4.69, 9.17) is 10.2 Å². The zero-order chi connectivity index (χ0) is 48.2. The van der Waals surface area contributed by atoms with Gasteiger partial charge in [-0.05, 0) is 109 Å². The first-order chi connectivity index (χ1) is 35.0. The summed E-state index contributed by atoms with van der Waals surface area (Å²) in [6, 6.07) is 74.2. The zero-order valence-corrected chi connectivity index (χ0v) is 41.3. The molecule has 0 aliphatic carbocycles. The van der Waals surface area contributed by atoms with E-state index in [0.29, 0.717) is 24.6 Å². The van der Waals surface area contributed by atoms with Gasteiger partial charge in [-0.2, -0.15) is 10.2 Å². The molecule has 11 heteroatoms. The molecular weight excluding hydrogens is 933 g/mol. The number of benzene rings is 8. The Morgan fingerprint density at radius 2 is 0.704 bits per heavy atom. The second-order valence-electron chi connectivity index (χ2n) is 16.9. The lowest BCUT2D eigenvalue weighted by Crippen LogP contribution is -2.17. The number of aromatic nitrogens is 2. The van der Waals surface area contributed by atoms with E-state index in [0.717, 1.165) is 75.3 Å². The largest absolute Gasteiger partial charge is 0.390 e. The van der Waals surface area contributed by atoms with Gasteiger partial charge in [0, 0.05) is 89.5 Å². The average Bonchev–Trinajstić information content (AvgIpc) is 3.96. The number of fused-ring (bicyclic) bond motifs is 2. The Bertz CT molecular complexity index is 3030. The average molecular weight is 985 g/mol. The lowest BCUT2D eigenvalue weighted by atomic mass is 10.2. The molecule has 8 nitrogen and oxygen atoms in total. The quantitative estimate of drug-likeness (QED) is 0.0447. The van der Waals surface area contributed by atoms with Gasteiger partial charge in [0.25, 0.3) is 0 Å². The number of hydrazone groups is 2. The molecule has 0 aliphatic rings. The van der Waals surface area contributed by atoms with E-state index in [1.807, 2.05) is 120 Å². The first kappa shape index (κ1) is 47.4. The van der Waals surface area contributed by atoms with Crippen LogP contribution < -0.4 is 10.0 Å². The van der Waals surface area contributed by atoms with Crippen molar-refractivity contribution in [2.45, 2.75) is 44.9 Å². The molecule has 71 heavy (non-hydrogen) atoms. The fraction of sp³-hybridized carbons (Fsp3) is 0.100. The molecule has 0 saturated heterocycles. The molecule has 10 rings (SSSR count). The van der Waals surface area contributed by atoms with Gasteiger partial charge in [0.2, 0.25) is 0 Å². The first-order valence-corrected chi connectivity index (χ1v) is 26.3. The molecule has 2 heterocycles. The van der Waals surface area contributed by atoms with Gasteiger partial charge >= 0.3 is 0 Å². The van der Waals surface area contributed by atoms with Gasteiger partial charge in [-0.1, -0.05) is 121 Å². The Kier molecular flexibility index (Phi) is 15.4. The van der Waals surface area contributed by atoms with Gasteiger partial charge in [0.1, 0.15) is 0 Å². The molecule has 0 aliphatic heterocycles. The molecule has 0 saturated carbocycles. The van der Waals surface area contributed by atoms with E-state index in [1.165, 1.54) is 0 Å². The lowest BCUT2D eigenvalue weighted by Gasteiger charge is -2.19. The van der Waals surface area contributed by atoms with E-state index >= 15 is 0 Å². The van der Waals surface area contributed by atoms with Crippen LogP contribution >= 0.6 is 35.3 Å². The van der Waals surface area contributed by atoms with Crippen LogP contribution in [0.25, 0.3) is 21.8 Å². The Hall–Kier alpha value is -7.25. The monoisotopic (exact) mass is 984 g/mol. The fourth-order valence-electron chi connectivity index (χ4n) is 8.43. The van der Waals surface area contributed by atoms with Crippen molar-refractivity contribution in [2.24, 2.45) is 10.2 Å². The van der Waals surface area contributed by atoms with Gasteiger partial charge in [-0.3, -0.25) is 0 Å². The predicted molar refractivity (Wildman–Crippen MR) is 300 cm³/mol. The maximum atomic E-state index is 11.3. The summed E-state index contributed by atoms with van der Waals surface area (Å²) < 4.78 is 4.27. The Labute approximate surface area is 427 Å². The number of nitrogens with zero attached hydrogens (tertiary/aromatic N) is 6. The fourth-order valence-corrected chi connectivity index (χ4v) is 10.9. The van der Waals surface area contributed by atoms with Crippen molar-refractivity contribution in [3.63, 3.8) is 0 Å². The minimum Gasteiger partial charge on any atom is -0.390 e. The number of rotatable bonds is 20. The van der Waals surface area contributed by atoms with Crippen molar-refractivity contribution >= 4 is 92.3 Å². The van der Waals surface area contributed by atoms with Gasteiger partial charge in [0.05, 0.1) is 47.4 Å². The van der Waals surface area contributed by atoms with Crippen LogP contribution in [0.15, 0.2) is 261 Å². The highest BCUT2D eigenvalue weighted by Crippen LogP contribution is 2.33. The molecule has 0 amide bonds. The topological polar surface area (TPSA) is 81.5 Å². The number of hydrogen-bond acceptors (Lipinski definition) is 9. The molecule has 2 atom stereocenters. The molecule has 0 fully saturated rings. The second kappa shape index (κ2) is 23.1. The smallest absolute Gasteiger partial charge is 0.0812 e. The summed E-state index contributed by atoms with van der Waals surface area (Å²) >= 11 is 5.04. The summed E-state index contributed by atoms with van der Waals surface area (Å²) in [5.41, 5.74) is 7.99. The predicted octanol–water partition coefficient (Wildman–Crippen LogP) is 14.4. The highest BCUT2D eigenvalue weighted by atomic mass is 32.2. The van der Waals surface area contributed by atoms with Crippen molar-refractivity contribution in [1.29, 1.82) is 0 Å². The minimum atomic E-state index is -0.554. The molecule has 10 aromatic rings. The van der Waals surface area contributed by atoms with E-state index in [1.54, 1.807) is 35.3 Å². The van der Waals surface area contributed by atoms with E-state index < -0.39 is 12.2 Å². The number of anilines is 4. The molecule has 8 aromatic carbocycles. The second-order valence-corrected chi connectivity index (χ2v) is 20.3. The standard InChI is InChI=1S/C60H52N6O2S3/c67-51(41-63-39-45(57-25-13-15-27-59(57)63)37-61-65(47-17-5-1-6-18-47)48-19-7-2-8-20-48)43-69-53-29-33-55(34-30-53)71-56-35-31-54(32-36-56)70-44-52(68)42-64-40-46(58-26-14-16-28-60(58)64)38-62-66(49-21-9-3-10-22-49)50-23-11-4-12-24-50/h1-40,51-52,67-68H,41-44H2/b61-37+,62-38+. The van der Waals surface area contributed by atoms with E-state index in [9.17, 15) is 10.2 Å². The minimum absolute atomic E-state index is 0.468. The number of aliphatic hydroxyl groups is 2. The summed E-state index contributed by atoms with van der Waals surface area (Å²) in [4.78, 5) is 4.52. The third kappa shape index (κ3) is 12.0. The molecule has 0 radical (unpaired) electrons.